The lowest BCUT2D eigenvalue weighted by Gasteiger charge is -2.44. The molecule has 3 aromatic rings. The lowest BCUT2D eigenvalue weighted by atomic mass is 9.97. The van der Waals surface area contributed by atoms with Gasteiger partial charge < -0.3 is 19.1 Å². The second-order valence-electron chi connectivity index (χ2n) is 11.2. The summed E-state index contributed by atoms with van der Waals surface area (Å²) in [5.74, 6) is 0.451. The van der Waals surface area contributed by atoms with Crippen LogP contribution in [0.25, 0.3) is 10.9 Å². The summed E-state index contributed by atoms with van der Waals surface area (Å²) in [4.78, 5) is 29.8. The number of aryl methyl sites for hydroxylation is 1. The van der Waals surface area contributed by atoms with Crippen molar-refractivity contribution >= 4 is 23.0 Å². The van der Waals surface area contributed by atoms with Crippen molar-refractivity contribution in [3.05, 3.63) is 64.8 Å². The fourth-order valence-corrected chi connectivity index (χ4v) is 5.20. The van der Waals surface area contributed by atoms with Gasteiger partial charge in [-0.2, -0.15) is 0 Å². The van der Waals surface area contributed by atoms with E-state index in [0.717, 1.165) is 46.4 Å². The third-order valence-corrected chi connectivity index (χ3v) is 7.27. The Labute approximate surface area is 225 Å². The minimum absolute atomic E-state index is 0.108. The molecule has 38 heavy (non-hydrogen) atoms. The van der Waals surface area contributed by atoms with E-state index >= 15 is 0 Å². The van der Waals surface area contributed by atoms with Gasteiger partial charge in [0.05, 0.1) is 25.3 Å². The van der Waals surface area contributed by atoms with Gasteiger partial charge in [-0.05, 0) is 77.1 Å². The van der Waals surface area contributed by atoms with Crippen LogP contribution in [0.15, 0.2) is 42.6 Å². The number of piperazine rings is 1. The van der Waals surface area contributed by atoms with Crippen LogP contribution in [0, 0.1) is 6.92 Å². The maximum Gasteiger partial charge on any atom is 0.419 e. The number of methoxy groups -OCH3 is 2. The van der Waals surface area contributed by atoms with Gasteiger partial charge in [0.25, 0.3) is 0 Å². The summed E-state index contributed by atoms with van der Waals surface area (Å²) < 4.78 is 18.0. The van der Waals surface area contributed by atoms with Gasteiger partial charge in [-0.15, -0.1) is 0 Å². The molecule has 0 spiro atoms. The minimum atomic E-state index is -0.594. The van der Waals surface area contributed by atoms with Crippen LogP contribution in [0.1, 0.15) is 60.8 Å². The number of fused-ring (bicyclic) bond motifs is 1. The molecular formula is C30H39N3O5. The van der Waals surface area contributed by atoms with E-state index in [-0.39, 0.29) is 12.0 Å². The van der Waals surface area contributed by atoms with Crippen molar-refractivity contribution in [2.45, 2.75) is 58.8 Å². The van der Waals surface area contributed by atoms with Crippen molar-refractivity contribution in [3.8, 4) is 5.75 Å². The highest BCUT2D eigenvalue weighted by molar-refractivity contribution is 5.95. The fourth-order valence-electron chi connectivity index (χ4n) is 5.20. The molecule has 0 N–H and O–H groups in total. The van der Waals surface area contributed by atoms with Gasteiger partial charge in [-0.25, -0.2) is 9.59 Å². The van der Waals surface area contributed by atoms with Crippen LogP contribution in [-0.2, 0) is 16.0 Å². The van der Waals surface area contributed by atoms with Crippen molar-refractivity contribution in [1.29, 1.82) is 0 Å². The summed E-state index contributed by atoms with van der Waals surface area (Å²) in [6.07, 6.45) is 1.38. The van der Waals surface area contributed by atoms with Gasteiger partial charge in [0.15, 0.2) is 0 Å². The molecule has 0 radical (unpaired) electrons. The highest BCUT2D eigenvalue weighted by Crippen LogP contribution is 2.37. The fraction of sp³-hybridized carbons (Fsp3) is 0.467. The van der Waals surface area contributed by atoms with E-state index in [1.807, 2.05) is 64.1 Å². The summed E-state index contributed by atoms with van der Waals surface area (Å²) >= 11 is 0. The maximum atomic E-state index is 13.0. The number of rotatable bonds is 5. The van der Waals surface area contributed by atoms with Gasteiger partial charge in [-0.1, -0.05) is 12.1 Å². The molecule has 0 amide bonds. The first-order chi connectivity index (χ1) is 17.9. The summed E-state index contributed by atoms with van der Waals surface area (Å²) in [7, 11) is 5.22. The van der Waals surface area contributed by atoms with Crippen LogP contribution in [0.2, 0.25) is 0 Å². The zero-order valence-electron chi connectivity index (χ0n) is 23.7. The average molecular weight is 522 g/mol. The number of hydrogen-bond donors (Lipinski definition) is 0. The highest BCUT2D eigenvalue weighted by Gasteiger charge is 2.32. The van der Waals surface area contributed by atoms with E-state index in [2.05, 4.69) is 23.8 Å². The SMILES string of the molecule is COC(=O)c1ccc(C2CN(C)C(C)CN2Cc2c(OC)cc(C)c3c2ccn3C(=O)OC(C)(C)C)cc1. The van der Waals surface area contributed by atoms with Crippen LogP contribution in [-0.4, -0.2) is 72.4 Å². The zero-order chi connectivity index (χ0) is 27.8. The topological polar surface area (TPSA) is 73.2 Å². The minimum Gasteiger partial charge on any atom is -0.496 e. The molecule has 1 fully saturated rings. The number of hydrogen-bond acceptors (Lipinski definition) is 7. The number of carbonyl (C=O) groups excluding carboxylic acids is 2. The van der Waals surface area contributed by atoms with Gasteiger partial charge in [0, 0.05) is 48.9 Å². The van der Waals surface area contributed by atoms with Gasteiger partial charge in [0.2, 0.25) is 0 Å². The van der Waals surface area contributed by atoms with E-state index in [4.69, 9.17) is 14.2 Å². The highest BCUT2D eigenvalue weighted by atomic mass is 16.6. The predicted molar refractivity (Wildman–Crippen MR) is 148 cm³/mol. The number of esters is 1. The Kier molecular flexibility index (Phi) is 7.85. The Balaban J connectivity index is 1.74. The van der Waals surface area contributed by atoms with E-state index in [1.54, 1.807) is 17.9 Å². The number of likely N-dealkylation sites (N-methyl/N-ethyl adjacent to an activating group) is 1. The third-order valence-electron chi connectivity index (χ3n) is 7.27. The Hall–Kier alpha value is -3.36. The van der Waals surface area contributed by atoms with Crippen molar-refractivity contribution in [1.82, 2.24) is 14.4 Å². The lowest BCUT2D eigenvalue weighted by Crippen LogP contribution is -2.51. The number of benzene rings is 2. The zero-order valence-corrected chi connectivity index (χ0v) is 23.7. The van der Waals surface area contributed by atoms with E-state index in [0.29, 0.717) is 18.2 Å². The summed E-state index contributed by atoms with van der Waals surface area (Å²) in [5, 5.41) is 0.971. The molecule has 2 unspecified atom stereocenters. The van der Waals surface area contributed by atoms with Gasteiger partial charge >= 0.3 is 12.1 Å². The molecule has 2 heterocycles. The van der Waals surface area contributed by atoms with Gasteiger partial charge in [0.1, 0.15) is 11.4 Å². The van der Waals surface area contributed by atoms with Crippen molar-refractivity contribution < 1.29 is 23.8 Å². The number of aromatic nitrogens is 1. The molecule has 8 nitrogen and oxygen atoms in total. The molecule has 1 aliphatic rings. The largest absolute Gasteiger partial charge is 0.496 e. The first kappa shape index (κ1) is 27.7. The summed E-state index contributed by atoms with van der Waals surface area (Å²) in [6, 6.07) is 12.1. The Bertz CT molecular complexity index is 1320. The first-order valence-electron chi connectivity index (χ1n) is 13.0. The van der Waals surface area contributed by atoms with Crippen molar-refractivity contribution in [3.63, 3.8) is 0 Å². The van der Waals surface area contributed by atoms with Crippen molar-refractivity contribution in [2.24, 2.45) is 0 Å². The molecule has 1 aliphatic heterocycles. The number of ether oxygens (including phenoxy) is 3. The van der Waals surface area contributed by atoms with Crippen LogP contribution in [0.5, 0.6) is 5.75 Å². The summed E-state index contributed by atoms with van der Waals surface area (Å²) in [5.41, 5.74) is 3.87. The number of carbonyl (C=O) groups is 2. The molecular weight excluding hydrogens is 482 g/mol. The first-order valence-corrected chi connectivity index (χ1v) is 13.0. The van der Waals surface area contributed by atoms with E-state index in [9.17, 15) is 9.59 Å². The smallest absolute Gasteiger partial charge is 0.419 e. The Morgan fingerprint density at radius 1 is 1.05 bits per heavy atom. The second kappa shape index (κ2) is 10.8. The molecule has 1 saturated heterocycles. The Morgan fingerprint density at radius 3 is 2.34 bits per heavy atom. The standard InChI is InChI=1S/C30H39N3O5/c1-19-15-26(36-7)24(23-13-14-33(27(19)23)29(35)38-30(3,4)5)17-32-16-20(2)31(6)18-25(32)21-9-11-22(12-10-21)28(34)37-8/h9-15,20,25H,16-18H2,1-8H3. The quantitative estimate of drug-likeness (QED) is 0.416. The van der Waals surface area contributed by atoms with Crippen molar-refractivity contribution in [2.75, 3.05) is 34.4 Å². The lowest BCUT2D eigenvalue weighted by molar-refractivity contribution is 0.0451. The van der Waals surface area contributed by atoms with E-state index in [1.165, 1.54) is 7.11 Å². The third kappa shape index (κ3) is 5.56. The predicted octanol–water partition coefficient (Wildman–Crippen LogP) is 5.41. The monoisotopic (exact) mass is 521 g/mol. The average Bonchev–Trinajstić information content (AvgIpc) is 3.32. The number of nitrogens with zero attached hydrogens (tertiary/aromatic N) is 3. The van der Waals surface area contributed by atoms with Crippen LogP contribution >= 0.6 is 0 Å². The van der Waals surface area contributed by atoms with Crippen LogP contribution < -0.4 is 4.74 Å². The molecule has 0 saturated carbocycles. The normalized spacial score (nSPS) is 18.9. The van der Waals surface area contributed by atoms with Crippen LogP contribution in [0.4, 0.5) is 4.79 Å². The molecule has 0 aliphatic carbocycles. The Morgan fingerprint density at radius 2 is 1.74 bits per heavy atom. The molecule has 0 bridgehead atoms. The molecule has 1 aromatic heterocycles. The van der Waals surface area contributed by atoms with Crippen LogP contribution in [0.3, 0.4) is 0 Å². The molecule has 2 aromatic carbocycles. The van der Waals surface area contributed by atoms with Gasteiger partial charge in [-0.3, -0.25) is 9.47 Å². The molecule has 8 heteroatoms. The maximum absolute atomic E-state index is 13.0. The second-order valence-corrected chi connectivity index (χ2v) is 11.2. The summed E-state index contributed by atoms with van der Waals surface area (Å²) in [6.45, 7) is 12.1. The molecule has 4 rings (SSSR count). The molecule has 204 valence electrons. The van der Waals surface area contributed by atoms with E-state index < -0.39 is 11.7 Å². The molecule has 2 atom stereocenters.